The zero-order chi connectivity index (χ0) is 11.3. The minimum atomic E-state index is -0.471. The fourth-order valence-electron chi connectivity index (χ4n) is 1.23. The topological polar surface area (TPSA) is 65.3 Å². The maximum absolute atomic E-state index is 9.15. The first kappa shape index (κ1) is 11.3. The number of hydrogen-bond donors (Lipinski definition) is 2. The summed E-state index contributed by atoms with van der Waals surface area (Å²) in [5.74, 6) is 0.606. The molecule has 0 aliphatic carbocycles. The normalized spacial score (nSPS) is 11.6. The van der Waals surface area contributed by atoms with Gasteiger partial charge in [-0.25, -0.2) is 0 Å². The van der Waals surface area contributed by atoms with Crippen LogP contribution in [0.3, 0.4) is 0 Å². The number of anilines is 1. The molecule has 4 heteroatoms. The summed E-state index contributed by atoms with van der Waals surface area (Å²) in [6, 6.07) is 7.30. The maximum atomic E-state index is 9.15. The van der Waals surface area contributed by atoms with E-state index in [2.05, 4.69) is 11.4 Å². The van der Waals surface area contributed by atoms with Crippen molar-refractivity contribution in [2.24, 2.45) is 0 Å². The Hall–Kier alpha value is -1.73. The second kappa shape index (κ2) is 5.23. The maximum Gasteiger partial charge on any atom is 0.143 e. The van der Waals surface area contributed by atoms with Gasteiger partial charge in [0.15, 0.2) is 0 Å². The van der Waals surface area contributed by atoms with E-state index in [1.165, 1.54) is 0 Å². The van der Waals surface area contributed by atoms with Gasteiger partial charge < -0.3 is 15.2 Å². The molecule has 1 aromatic carbocycles. The summed E-state index contributed by atoms with van der Waals surface area (Å²) in [6.45, 7) is 2.06. The van der Waals surface area contributed by atoms with Gasteiger partial charge in [0, 0.05) is 6.54 Å². The van der Waals surface area contributed by atoms with Crippen molar-refractivity contribution in [3.05, 3.63) is 23.8 Å². The third kappa shape index (κ3) is 2.86. The van der Waals surface area contributed by atoms with Crippen molar-refractivity contribution in [1.82, 2.24) is 0 Å². The summed E-state index contributed by atoms with van der Waals surface area (Å²) in [5.41, 5.74) is 1.14. The second-order valence-corrected chi connectivity index (χ2v) is 3.22. The quantitative estimate of drug-likeness (QED) is 0.780. The van der Waals surface area contributed by atoms with E-state index in [0.717, 1.165) is 0 Å². The lowest BCUT2D eigenvalue weighted by Gasteiger charge is -2.13. The van der Waals surface area contributed by atoms with Crippen LogP contribution in [0.25, 0.3) is 0 Å². The van der Waals surface area contributed by atoms with Crippen LogP contribution in [-0.4, -0.2) is 24.9 Å². The van der Waals surface area contributed by atoms with E-state index in [4.69, 9.17) is 15.1 Å². The van der Waals surface area contributed by atoms with Gasteiger partial charge in [-0.05, 0) is 19.1 Å². The zero-order valence-electron chi connectivity index (χ0n) is 8.82. The minimum absolute atomic E-state index is 0.384. The Morgan fingerprint density at radius 3 is 2.87 bits per heavy atom. The number of nitrogens with one attached hydrogen (secondary N) is 1. The molecule has 15 heavy (non-hydrogen) atoms. The molecule has 0 unspecified atom stereocenters. The number of aliphatic hydroxyl groups excluding tert-OH is 1. The highest BCUT2D eigenvalue weighted by atomic mass is 16.5. The van der Waals surface area contributed by atoms with Crippen molar-refractivity contribution in [2.45, 2.75) is 13.0 Å². The monoisotopic (exact) mass is 206 g/mol. The van der Waals surface area contributed by atoms with E-state index in [1.54, 1.807) is 32.2 Å². The summed E-state index contributed by atoms with van der Waals surface area (Å²) < 4.78 is 5.12. The highest BCUT2D eigenvalue weighted by molar-refractivity contribution is 5.66. The number of rotatable bonds is 4. The predicted octanol–water partition coefficient (Wildman–Crippen LogP) is 1.36. The fraction of sp³-hybridized carbons (Fsp3) is 0.364. The molecule has 1 atom stereocenters. The van der Waals surface area contributed by atoms with Crippen LogP contribution in [0.15, 0.2) is 18.2 Å². The van der Waals surface area contributed by atoms with Gasteiger partial charge in [-0.1, -0.05) is 6.07 Å². The molecule has 0 saturated heterocycles. The SMILES string of the molecule is COc1cccc(C#N)c1NC[C@H](C)O. The molecule has 0 spiro atoms. The van der Waals surface area contributed by atoms with Gasteiger partial charge in [0.1, 0.15) is 11.8 Å². The van der Waals surface area contributed by atoms with Crippen LogP contribution in [0.1, 0.15) is 12.5 Å². The van der Waals surface area contributed by atoms with Crippen molar-refractivity contribution in [2.75, 3.05) is 19.0 Å². The van der Waals surface area contributed by atoms with E-state index in [9.17, 15) is 0 Å². The minimum Gasteiger partial charge on any atom is -0.495 e. The molecule has 1 rings (SSSR count). The third-order valence-corrected chi connectivity index (χ3v) is 1.94. The lowest BCUT2D eigenvalue weighted by atomic mass is 10.1. The van der Waals surface area contributed by atoms with Gasteiger partial charge >= 0.3 is 0 Å². The number of para-hydroxylation sites is 1. The molecule has 0 fully saturated rings. The van der Waals surface area contributed by atoms with Gasteiger partial charge in [0.25, 0.3) is 0 Å². The van der Waals surface area contributed by atoms with Crippen molar-refractivity contribution >= 4 is 5.69 Å². The molecular formula is C11H14N2O2. The molecule has 0 amide bonds. The molecule has 4 nitrogen and oxygen atoms in total. The Morgan fingerprint density at radius 2 is 2.33 bits per heavy atom. The molecule has 0 bridgehead atoms. The number of hydrogen-bond acceptors (Lipinski definition) is 4. The molecule has 0 heterocycles. The van der Waals surface area contributed by atoms with Crippen LogP contribution in [0.5, 0.6) is 5.75 Å². The van der Waals surface area contributed by atoms with Crippen LogP contribution in [0.4, 0.5) is 5.69 Å². The average Bonchev–Trinajstić information content (AvgIpc) is 2.25. The summed E-state index contributed by atoms with van der Waals surface area (Å²) in [7, 11) is 1.55. The number of methoxy groups -OCH3 is 1. The van der Waals surface area contributed by atoms with Crippen LogP contribution in [-0.2, 0) is 0 Å². The summed E-state index contributed by atoms with van der Waals surface area (Å²) in [5, 5.41) is 21.0. The first-order valence-corrected chi connectivity index (χ1v) is 4.68. The first-order valence-electron chi connectivity index (χ1n) is 4.68. The lowest BCUT2D eigenvalue weighted by Crippen LogP contribution is -2.16. The van der Waals surface area contributed by atoms with E-state index >= 15 is 0 Å². The van der Waals surface area contributed by atoms with Crippen LogP contribution >= 0.6 is 0 Å². The number of benzene rings is 1. The van der Waals surface area contributed by atoms with Gasteiger partial charge in [0.05, 0.1) is 24.5 Å². The van der Waals surface area contributed by atoms with Crippen LogP contribution in [0.2, 0.25) is 0 Å². The Bertz CT molecular complexity index is 369. The molecule has 0 radical (unpaired) electrons. The average molecular weight is 206 g/mol. The molecule has 0 aromatic heterocycles. The van der Waals surface area contributed by atoms with Gasteiger partial charge in [-0.2, -0.15) is 5.26 Å². The second-order valence-electron chi connectivity index (χ2n) is 3.22. The smallest absolute Gasteiger partial charge is 0.143 e. The molecule has 2 N–H and O–H groups in total. The Balaban J connectivity index is 2.96. The number of nitriles is 1. The number of nitrogens with zero attached hydrogens (tertiary/aromatic N) is 1. The third-order valence-electron chi connectivity index (χ3n) is 1.94. The number of ether oxygens (including phenoxy) is 1. The van der Waals surface area contributed by atoms with Gasteiger partial charge in [-0.15, -0.1) is 0 Å². The highest BCUT2D eigenvalue weighted by Crippen LogP contribution is 2.27. The van der Waals surface area contributed by atoms with Crippen molar-refractivity contribution in [3.63, 3.8) is 0 Å². The molecular weight excluding hydrogens is 192 g/mol. The highest BCUT2D eigenvalue weighted by Gasteiger charge is 2.08. The van der Waals surface area contributed by atoms with Crippen LogP contribution < -0.4 is 10.1 Å². The lowest BCUT2D eigenvalue weighted by molar-refractivity contribution is 0.208. The van der Waals surface area contributed by atoms with Crippen molar-refractivity contribution in [1.29, 1.82) is 5.26 Å². The van der Waals surface area contributed by atoms with E-state index in [0.29, 0.717) is 23.5 Å². The number of aliphatic hydroxyl groups is 1. The molecule has 80 valence electrons. The summed E-state index contributed by atoms with van der Waals surface area (Å²) >= 11 is 0. The van der Waals surface area contributed by atoms with Gasteiger partial charge in [0.2, 0.25) is 0 Å². The van der Waals surface area contributed by atoms with Gasteiger partial charge in [-0.3, -0.25) is 0 Å². The van der Waals surface area contributed by atoms with E-state index in [1.807, 2.05) is 0 Å². The van der Waals surface area contributed by atoms with Crippen molar-refractivity contribution < 1.29 is 9.84 Å². The first-order chi connectivity index (χ1) is 7.19. The molecule has 0 aliphatic rings. The summed E-state index contributed by atoms with van der Waals surface area (Å²) in [4.78, 5) is 0. The van der Waals surface area contributed by atoms with E-state index in [-0.39, 0.29) is 0 Å². The Kier molecular flexibility index (Phi) is 3.95. The predicted molar refractivity (Wildman–Crippen MR) is 57.9 cm³/mol. The zero-order valence-corrected chi connectivity index (χ0v) is 8.82. The molecule has 0 aliphatic heterocycles. The Labute approximate surface area is 89.1 Å². The van der Waals surface area contributed by atoms with Crippen LogP contribution in [0, 0.1) is 11.3 Å². The standard InChI is InChI=1S/C11H14N2O2/c1-8(14)7-13-11-9(6-12)4-3-5-10(11)15-2/h3-5,8,13-14H,7H2,1-2H3/t8-/m0/s1. The van der Waals surface area contributed by atoms with Crippen molar-refractivity contribution in [3.8, 4) is 11.8 Å². The Morgan fingerprint density at radius 1 is 1.60 bits per heavy atom. The fourth-order valence-corrected chi connectivity index (χ4v) is 1.23. The largest absolute Gasteiger partial charge is 0.495 e. The molecule has 0 saturated carbocycles. The summed E-state index contributed by atoms with van der Waals surface area (Å²) in [6.07, 6.45) is -0.471. The van der Waals surface area contributed by atoms with E-state index < -0.39 is 6.10 Å². The molecule has 1 aromatic rings.